The standard InChI is InChI=1S/C15H26O4/c1-14(2,3)15(10-5-4-6-11-15)19-13(18)9-7-8-12(16)17/h4-11H2,1-3H3,(H,16,17). The molecule has 0 radical (unpaired) electrons. The van der Waals surface area contributed by atoms with Crippen LogP contribution in [0, 0.1) is 5.41 Å². The normalized spacial score (nSPS) is 18.9. The van der Waals surface area contributed by atoms with Gasteiger partial charge in [0.25, 0.3) is 0 Å². The Morgan fingerprint density at radius 3 is 2.16 bits per heavy atom. The van der Waals surface area contributed by atoms with Gasteiger partial charge in [-0.25, -0.2) is 0 Å². The number of hydrogen-bond donors (Lipinski definition) is 1. The minimum Gasteiger partial charge on any atom is -0.481 e. The van der Waals surface area contributed by atoms with Gasteiger partial charge in [0, 0.05) is 18.3 Å². The van der Waals surface area contributed by atoms with E-state index in [-0.39, 0.29) is 29.8 Å². The number of aliphatic carboxylic acids is 1. The summed E-state index contributed by atoms with van der Waals surface area (Å²) in [5.41, 5.74) is -0.443. The van der Waals surface area contributed by atoms with Crippen LogP contribution in [-0.2, 0) is 14.3 Å². The van der Waals surface area contributed by atoms with Crippen LogP contribution in [0.5, 0.6) is 0 Å². The molecule has 1 aliphatic rings. The molecule has 0 amide bonds. The lowest BCUT2D eigenvalue weighted by Gasteiger charge is -2.46. The Labute approximate surface area is 115 Å². The van der Waals surface area contributed by atoms with E-state index in [1.54, 1.807) is 0 Å². The van der Waals surface area contributed by atoms with Crippen LogP contribution >= 0.6 is 0 Å². The summed E-state index contributed by atoms with van der Waals surface area (Å²) in [6.45, 7) is 6.34. The van der Waals surface area contributed by atoms with E-state index < -0.39 is 5.97 Å². The van der Waals surface area contributed by atoms with E-state index in [4.69, 9.17) is 9.84 Å². The monoisotopic (exact) mass is 270 g/mol. The molecule has 1 saturated carbocycles. The van der Waals surface area contributed by atoms with Gasteiger partial charge in [0.05, 0.1) is 0 Å². The van der Waals surface area contributed by atoms with Crippen molar-refractivity contribution < 1.29 is 19.4 Å². The molecular formula is C15H26O4. The topological polar surface area (TPSA) is 63.6 Å². The van der Waals surface area contributed by atoms with Crippen molar-refractivity contribution in [2.45, 2.75) is 77.7 Å². The molecule has 0 heterocycles. The maximum absolute atomic E-state index is 11.9. The van der Waals surface area contributed by atoms with E-state index in [1.807, 2.05) is 0 Å². The molecule has 0 spiro atoms. The van der Waals surface area contributed by atoms with Gasteiger partial charge in [-0.15, -0.1) is 0 Å². The molecule has 0 unspecified atom stereocenters. The maximum atomic E-state index is 11.9. The Hall–Kier alpha value is -1.06. The summed E-state index contributed by atoms with van der Waals surface area (Å²) in [6, 6.07) is 0. The molecule has 1 aliphatic carbocycles. The number of rotatable bonds is 5. The van der Waals surface area contributed by atoms with E-state index >= 15 is 0 Å². The van der Waals surface area contributed by atoms with Crippen molar-refractivity contribution >= 4 is 11.9 Å². The lowest BCUT2D eigenvalue weighted by molar-refractivity contribution is -0.179. The summed E-state index contributed by atoms with van der Waals surface area (Å²) in [5, 5.41) is 8.58. The Kier molecular flexibility index (Phi) is 5.39. The highest BCUT2D eigenvalue weighted by Gasteiger charge is 2.45. The van der Waals surface area contributed by atoms with Crippen molar-refractivity contribution in [3.05, 3.63) is 0 Å². The van der Waals surface area contributed by atoms with Gasteiger partial charge in [-0.05, 0) is 32.1 Å². The van der Waals surface area contributed by atoms with Gasteiger partial charge >= 0.3 is 11.9 Å². The van der Waals surface area contributed by atoms with E-state index in [0.717, 1.165) is 25.7 Å². The zero-order valence-electron chi connectivity index (χ0n) is 12.3. The van der Waals surface area contributed by atoms with Crippen LogP contribution in [0.25, 0.3) is 0 Å². The quantitative estimate of drug-likeness (QED) is 0.776. The molecule has 0 aliphatic heterocycles. The van der Waals surface area contributed by atoms with E-state index in [2.05, 4.69) is 20.8 Å². The Balaban J connectivity index is 2.58. The van der Waals surface area contributed by atoms with Gasteiger partial charge in [0.1, 0.15) is 5.60 Å². The molecule has 0 atom stereocenters. The fourth-order valence-electron chi connectivity index (χ4n) is 2.78. The lowest BCUT2D eigenvalue weighted by Crippen LogP contribution is -2.48. The van der Waals surface area contributed by atoms with Crippen molar-refractivity contribution in [3.8, 4) is 0 Å². The van der Waals surface area contributed by atoms with Crippen molar-refractivity contribution in [3.63, 3.8) is 0 Å². The van der Waals surface area contributed by atoms with Crippen LogP contribution < -0.4 is 0 Å². The number of carbonyl (C=O) groups excluding carboxylic acids is 1. The third-order valence-corrected chi connectivity index (χ3v) is 4.11. The first-order chi connectivity index (χ1) is 8.77. The Morgan fingerprint density at radius 2 is 1.68 bits per heavy atom. The molecule has 19 heavy (non-hydrogen) atoms. The highest BCUT2D eigenvalue weighted by Crippen LogP contribution is 2.45. The van der Waals surface area contributed by atoms with Crippen molar-refractivity contribution in [1.29, 1.82) is 0 Å². The molecule has 1 rings (SSSR count). The first-order valence-corrected chi connectivity index (χ1v) is 7.20. The van der Waals surface area contributed by atoms with Crippen molar-refractivity contribution in [1.82, 2.24) is 0 Å². The zero-order valence-corrected chi connectivity index (χ0v) is 12.3. The van der Waals surface area contributed by atoms with Crippen molar-refractivity contribution in [2.24, 2.45) is 5.41 Å². The summed E-state index contributed by atoms with van der Waals surface area (Å²) in [7, 11) is 0. The first-order valence-electron chi connectivity index (χ1n) is 7.20. The van der Waals surface area contributed by atoms with E-state index in [1.165, 1.54) is 6.42 Å². The molecule has 1 N–H and O–H groups in total. The average molecular weight is 270 g/mol. The molecule has 4 heteroatoms. The van der Waals surface area contributed by atoms with Crippen LogP contribution in [0.2, 0.25) is 0 Å². The number of carboxylic acids is 1. The summed E-state index contributed by atoms with van der Waals surface area (Å²) >= 11 is 0. The second-order valence-corrected chi connectivity index (χ2v) is 6.53. The van der Waals surface area contributed by atoms with E-state index in [0.29, 0.717) is 6.42 Å². The summed E-state index contributed by atoms with van der Waals surface area (Å²) in [6.07, 6.45) is 5.81. The number of carboxylic acid groups (broad SMARTS) is 1. The van der Waals surface area contributed by atoms with Gasteiger partial charge in [-0.3, -0.25) is 9.59 Å². The second kappa shape index (κ2) is 6.40. The van der Waals surface area contributed by atoms with Gasteiger partial charge in [0.15, 0.2) is 0 Å². The smallest absolute Gasteiger partial charge is 0.306 e. The predicted molar refractivity (Wildman–Crippen MR) is 72.8 cm³/mol. The minimum absolute atomic E-state index is 0.0254. The second-order valence-electron chi connectivity index (χ2n) is 6.53. The third kappa shape index (κ3) is 4.51. The molecule has 0 aromatic rings. The number of esters is 1. The zero-order chi connectivity index (χ0) is 14.5. The van der Waals surface area contributed by atoms with Crippen LogP contribution in [0.15, 0.2) is 0 Å². The largest absolute Gasteiger partial charge is 0.481 e. The minimum atomic E-state index is -0.865. The van der Waals surface area contributed by atoms with Crippen LogP contribution in [0.1, 0.15) is 72.1 Å². The molecule has 0 saturated heterocycles. The number of hydrogen-bond acceptors (Lipinski definition) is 3. The molecule has 0 aromatic heterocycles. The van der Waals surface area contributed by atoms with Gasteiger partial charge in [-0.1, -0.05) is 27.2 Å². The molecule has 110 valence electrons. The Morgan fingerprint density at radius 1 is 1.11 bits per heavy atom. The number of ether oxygens (including phenoxy) is 1. The SMILES string of the molecule is CC(C)(C)C1(OC(=O)CCCC(=O)O)CCCCC1. The van der Waals surface area contributed by atoms with Crippen molar-refractivity contribution in [2.75, 3.05) is 0 Å². The molecule has 4 nitrogen and oxygen atoms in total. The third-order valence-electron chi connectivity index (χ3n) is 4.11. The van der Waals surface area contributed by atoms with Crippen LogP contribution in [0.3, 0.4) is 0 Å². The number of carbonyl (C=O) groups is 2. The molecule has 0 aromatic carbocycles. The fraction of sp³-hybridized carbons (Fsp3) is 0.867. The summed E-state index contributed by atoms with van der Waals surface area (Å²) in [4.78, 5) is 22.4. The van der Waals surface area contributed by atoms with E-state index in [9.17, 15) is 9.59 Å². The first kappa shape index (κ1) is 16.0. The van der Waals surface area contributed by atoms with Crippen LogP contribution in [-0.4, -0.2) is 22.6 Å². The predicted octanol–water partition coefficient (Wildman–Crippen LogP) is 3.53. The van der Waals surface area contributed by atoms with Gasteiger partial charge < -0.3 is 9.84 Å². The maximum Gasteiger partial charge on any atom is 0.306 e. The fourth-order valence-corrected chi connectivity index (χ4v) is 2.78. The molecule has 0 bridgehead atoms. The van der Waals surface area contributed by atoms with Gasteiger partial charge in [0.2, 0.25) is 0 Å². The van der Waals surface area contributed by atoms with Gasteiger partial charge in [-0.2, -0.15) is 0 Å². The molecular weight excluding hydrogens is 244 g/mol. The highest BCUT2D eigenvalue weighted by atomic mass is 16.6. The lowest BCUT2D eigenvalue weighted by atomic mass is 9.68. The Bertz CT molecular complexity index is 322. The summed E-state index contributed by atoms with van der Waals surface area (Å²) < 4.78 is 5.79. The molecule has 1 fully saturated rings. The highest BCUT2D eigenvalue weighted by molar-refractivity contribution is 5.72. The van der Waals surface area contributed by atoms with Crippen LogP contribution in [0.4, 0.5) is 0 Å². The average Bonchev–Trinajstić information content (AvgIpc) is 2.28. The summed E-state index contributed by atoms with van der Waals surface area (Å²) in [5.74, 6) is -1.12.